The molecule has 0 aromatic carbocycles. The number of aliphatic carboxylic acids is 1. The van der Waals surface area contributed by atoms with Crippen LogP contribution >= 0.6 is 0 Å². The van der Waals surface area contributed by atoms with Gasteiger partial charge in [0.1, 0.15) is 0 Å². The largest absolute Gasteiger partial charge is 0.550 e. The van der Waals surface area contributed by atoms with Crippen molar-refractivity contribution < 1.29 is 14.7 Å². The lowest BCUT2D eigenvalue weighted by molar-refractivity contribution is -0.309. The molecule has 0 spiro atoms. The molecule has 0 unspecified atom stereocenters. The summed E-state index contributed by atoms with van der Waals surface area (Å²) >= 11 is 0. The van der Waals surface area contributed by atoms with Gasteiger partial charge < -0.3 is 9.90 Å². The smallest absolute Gasteiger partial charge is 0.165 e. The summed E-state index contributed by atoms with van der Waals surface area (Å²) in [4.78, 5) is 23.9. The number of carbonyl (C=O) groups is 2. The van der Waals surface area contributed by atoms with Crippen LogP contribution in [0.3, 0.4) is 0 Å². The van der Waals surface area contributed by atoms with E-state index in [0.29, 0.717) is 6.42 Å². The summed E-state index contributed by atoms with van der Waals surface area (Å²) in [5, 5.41) is 11.3. The zero-order valence-corrected chi connectivity index (χ0v) is 13.0. The summed E-state index contributed by atoms with van der Waals surface area (Å²) < 4.78 is 0. The number of rotatable bonds is 5. The number of carboxylic acids is 1. The maximum Gasteiger partial charge on any atom is 0.165 e. The molecular weight excluding hydrogens is 252 g/mol. The first-order chi connectivity index (χ1) is 9.25. The van der Waals surface area contributed by atoms with Crippen molar-refractivity contribution in [2.75, 3.05) is 0 Å². The highest BCUT2D eigenvalue weighted by Crippen LogP contribution is 2.65. The van der Waals surface area contributed by atoms with Crippen molar-refractivity contribution in [1.82, 2.24) is 0 Å². The lowest BCUT2D eigenvalue weighted by atomic mass is 9.70. The van der Waals surface area contributed by atoms with E-state index in [4.69, 9.17) is 0 Å². The van der Waals surface area contributed by atoms with Gasteiger partial charge in [0.25, 0.3) is 0 Å². The molecule has 0 aromatic rings. The fraction of sp³-hybridized carbons (Fsp3) is 0.765. The van der Waals surface area contributed by atoms with Crippen LogP contribution in [0.25, 0.3) is 0 Å². The third-order valence-corrected chi connectivity index (χ3v) is 5.92. The molecule has 2 saturated carbocycles. The van der Waals surface area contributed by atoms with Crippen LogP contribution in [0.2, 0.25) is 0 Å². The number of allylic oxidation sites excluding steroid dienone is 1. The molecule has 0 amide bonds. The summed E-state index contributed by atoms with van der Waals surface area (Å²) in [6.07, 6.45) is 6.00. The van der Waals surface area contributed by atoms with Crippen LogP contribution < -0.4 is 5.11 Å². The molecule has 0 heterocycles. The minimum absolute atomic E-state index is 0.0584. The molecule has 3 nitrogen and oxygen atoms in total. The third-order valence-electron chi connectivity index (χ3n) is 5.92. The predicted molar refractivity (Wildman–Crippen MR) is 75.7 cm³/mol. The molecule has 3 heteroatoms. The summed E-state index contributed by atoms with van der Waals surface area (Å²) in [7, 11) is 0. The minimum atomic E-state index is -1.05. The third kappa shape index (κ3) is 2.02. The number of ketones is 1. The number of unbranched alkanes of at least 4 members (excludes halogenated alkanes) is 1. The number of hydrogen-bond acceptors (Lipinski definition) is 3. The average Bonchev–Trinajstić information content (AvgIpc) is 2.67. The molecule has 2 rings (SSSR count). The van der Waals surface area contributed by atoms with Crippen molar-refractivity contribution in [3.05, 3.63) is 11.6 Å². The van der Waals surface area contributed by atoms with Crippen LogP contribution in [0.5, 0.6) is 0 Å². The van der Waals surface area contributed by atoms with Gasteiger partial charge in [-0.15, -0.1) is 0 Å². The molecule has 0 radical (unpaired) electrons. The highest BCUT2D eigenvalue weighted by molar-refractivity contribution is 6.05. The normalized spacial score (nSPS) is 34.7. The lowest BCUT2D eigenvalue weighted by Gasteiger charge is -2.31. The first kappa shape index (κ1) is 15.3. The van der Waals surface area contributed by atoms with Gasteiger partial charge in [0.2, 0.25) is 0 Å². The summed E-state index contributed by atoms with van der Waals surface area (Å²) in [5.74, 6) is -1.29. The van der Waals surface area contributed by atoms with Gasteiger partial charge in [-0.2, -0.15) is 0 Å². The molecule has 0 N–H and O–H groups in total. The van der Waals surface area contributed by atoms with Crippen LogP contribution in [-0.2, 0) is 9.59 Å². The maximum absolute atomic E-state index is 12.7. The Labute approximate surface area is 121 Å². The summed E-state index contributed by atoms with van der Waals surface area (Å²) in [6.45, 7) is 8.36. The number of carbonyl (C=O) groups excluding carboxylic acids is 2. The monoisotopic (exact) mass is 277 g/mol. The standard InChI is InChI=1S/C17H26O3/c1-5-6-7-11(15(19)20)10-12-13-8-9-17(4,14(12)18)16(13,2)3/h10-11,13H,5-9H2,1-4H3,(H,19,20)/p-1/b12-10+/t11-,13+,17-/m1/s1. The van der Waals surface area contributed by atoms with E-state index in [1.165, 1.54) is 0 Å². The Morgan fingerprint density at radius 3 is 2.55 bits per heavy atom. The van der Waals surface area contributed by atoms with Gasteiger partial charge in [0, 0.05) is 17.3 Å². The van der Waals surface area contributed by atoms with E-state index in [-0.39, 0.29) is 22.5 Å². The van der Waals surface area contributed by atoms with E-state index in [1.54, 1.807) is 6.08 Å². The fourth-order valence-corrected chi connectivity index (χ4v) is 4.03. The number of hydrogen-bond donors (Lipinski definition) is 0. The van der Waals surface area contributed by atoms with Crippen LogP contribution in [0, 0.1) is 22.7 Å². The van der Waals surface area contributed by atoms with E-state index in [9.17, 15) is 14.7 Å². The van der Waals surface area contributed by atoms with Gasteiger partial charge in [-0.1, -0.05) is 46.6 Å². The molecule has 20 heavy (non-hydrogen) atoms. The molecule has 2 bridgehead atoms. The van der Waals surface area contributed by atoms with Gasteiger partial charge in [-0.05, 0) is 36.2 Å². The Morgan fingerprint density at radius 1 is 1.45 bits per heavy atom. The number of Topliss-reactive ketones (excluding diaryl/α,β-unsaturated/α-hetero) is 1. The average molecular weight is 277 g/mol. The second-order valence-electron chi connectivity index (χ2n) is 7.16. The van der Waals surface area contributed by atoms with Gasteiger partial charge >= 0.3 is 0 Å². The van der Waals surface area contributed by atoms with Gasteiger partial charge in [-0.25, -0.2) is 0 Å². The molecule has 0 aromatic heterocycles. The quantitative estimate of drug-likeness (QED) is 0.725. The van der Waals surface area contributed by atoms with E-state index in [0.717, 1.165) is 31.3 Å². The molecule has 0 saturated heterocycles. The van der Waals surface area contributed by atoms with Crippen molar-refractivity contribution >= 4 is 11.8 Å². The summed E-state index contributed by atoms with van der Waals surface area (Å²) in [5.41, 5.74) is 0.385. The van der Waals surface area contributed by atoms with E-state index >= 15 is 0 Å². The topological polar surface area (TPSA) is 57.2 Å². The predicted octanol–water partition coefficient (Wildman–Crippen LogP) is 2.49. The summed E-state index contributed by atoms with van der Waals surface area (Å²) in [6, 6.07) is 0. The Morgan fingerprint density at radius 2 is 2.10 bits per heavy atom. The maximum atomic E-state index is 12.7. The van der Waals surface area contributed by atoms with E-state index in [1.807, 2.05) is 13.8 Å². The number of fused-ring (bicyclic) bond motifs is 2. The lowest BCUT2D eigenvalue weighted by Crippen LogP contribution is -2.33. The molecule has 112 valence electrons. The molecule has 2 fully saturated rings. The van der Waals surface area contributed by atoms with Gasteiger partial charge in [-0.3, -0.25) is 4.79 Å². The van der Waals surface area contributed by atoms with Crippen LogP contribution in [0.1, 0.15) is 59.8 Å². The first-order valence-corrected chi connectivity index (χ1v) is 7.73. The zero-order chi connectivity index (χ0) is 15.1. The number of carboxylic acid groups (broad SMARTS) is 1. The SMILES string of the molecule is CCCC[C@H](/C=C1/C(=O)[C@@]2(C)CC[C@@H]1C2(C)C)C(=O)[O-]. The first-order valence-electron chi connectivity index (χ1n) is 7.73. The highest BCUT2D eigenvalue weighted by Gasteiger charge is 2.63. The van der Waals surface area contributed by atoms with E-state index < -0.39 is 11.9 Å². The van der Waals surface area contributed by atoms with Gasteiger partial charge in [0.05, 0.1) is 0 Å². The second kappa shape index (κ2) is 5.01. The molecule has 0 aliphatic heterocycles. The molecular formula is C17H25O3-. The van der Waals surface area contributed by atoms with E-state index in [2.05, 4.69) is 13.8 Å². The Kier molecular flexibility index (Phi) is 3.83. The van der Waals surface area contributed by atoms with Crippen molar-refractivity contribution in [2.45, 2.75) is 59.8 Å². The molecule has 2 aliphatic carbocycles. The minimum Gasteiger partial charge on any atom is -0.550 e. The van der Waals surface area contributed by atoms with Crippen LogP contribution in [0.15, 0.2) is 11.6 Å². The Hall–Kier alpha value is -1.12. The van der Waals surface area contributed by atoms with Crippen molar-refractivity contribution in [3.63, 3.8) is 0 Å². The molecule has 3 atom stereocenters. The Balaban J connectivity index is 2.31. The van der Waals surface area contributed by atoms with Gasteiger partial charge in [0.15, 0.2) is 5.78 Å². The van der Waals surface area contributed by atoms with Crippen molar-refractivity contribution in [1.29, 1.82) is 0 Å². The Bertz CT molecular complexity index is 461. The van der Waals surface area contributed by atoms with Crippen LogP contribution in [-0.4, -0.2) is 11.8 Å². The molecule has 2 aliphatic rings. The fourth-order valence-electron chi connectivity index (χ4n) is 4.03. The van der Waals surface area contributed by atoms with Crippen molar-refractivity contribution in [2.24, 2.45) is 22.7 Å². The highest BCUT2D eigenvalue weighted by atomic mass is 16.4. The van der Waals surface area contributed by atoms with Crippen molar-refractivity contribution in [3.8, 4) is 0 Å². The van der Waals surface area contributed by atoms with Crippen LogP contribution in [0.4, 0.5) is 0 Å². The zero-order valence-electron chi connectivity index (χ0n) is 13.0. The second-order valence-corrected chi connectivity index (χ2v) is 7.16.